The van der Waals surface area contributed by atoms with Crippen molar-refractivity contribution in [2.24, 2.45) is 0 Å². The molecule has 0 radical (unpaired) electrons. The molecule has 0 aromatic heterocycles. The highest BCUT2D eigenvalue weighted by molar-refractivity contribution is 7.89. The Morgan fingerprint density at radius 2 is 1.52 bits per heavy atom. The predicted octanol–water partition coefficient (Wildman–Crippen LogP) is 1.81. The Labute approximate surface area is 126 Å². The fraction of sp³-hybridized carbons (Fsp3) is 0.600. The molecule has 2 rings (SSSR count). The third-order valence-corrected chi connectivity index (χ3v) is 5.89. The number of hydrogen-bond acceptors (Lipinski definition) is 4. The van der Waals surface area contributed by atoms with Crippen LogP contribution in [-0.2, 0) is 19.5 Å². The second-order valence-electron chi connectivity index (χ2n) is 5.44. The van der Waals surface area contributed by atoms with E-state index < -0.39 is 10.0 Å². The van der Waals surface area contributed by atoms with Crippen LogP contribution in [0.2, 0.25) is 0 Å². The zero-order valence-corrected chi connectivity index (χ0v) is 13.6. The molecule has 6 heteroatoms. The molecular formula is C15H23NO4S. The van der Waals surface area contributed by atoms with Gasteiger partial charge in [-0.05, 0) is 31.9 Å². The normalized spacial score (nSPS) is 23.6. The Bertz CT molecular complexity index is 542. The lowest BCUT2D eigenvalue weighted by molar-refractivity contribution is 0.110. The third-order valence-electron chi connectivity index (χ3n) is 3.87. The standard InChI is InChI=1S/C15H23NO4S/c1-12-4-8-15(9-5-12)21(17,18)16-13(10-19-2)6-7-14(16)11-20-3/h4-5,8-9,13-14H,6-7,10-11H2,1-3H3/t13-,14-/m0/s1. The van der Waals surface area contributed by atoms with Crippen molar-refractivity contribution in [3.63, 3.8) is 0 Å². The molecule has 1 heterocycles. The summed E-state index contributed by atoms with van der Waals surface area (Å²) < 4.78 is 37.8. The van der Waals surface area contributed by atoms with Crippen molar-refractivity contribution < 1.29 is 17.9 Å². The Morgan fingerprint density at radius 1 is 1.05 bits per heavy atom. The minimum absolute atomic E-state index is 0.124. The van der Waals surface area contributed by atoms with E-state index in [0.29, 0.717) is 18.1 Å². The zero-order valence-electron chi connectivity index (χ0n) is 12.8. The molecule has 118 valence electrons. The molecule has 0 N–H and O–H groups in total. The molecule has 0 aliphatic carbocycles. The zero-order chi connectivity index (χ0) is 15.5. The third kappa shape index (κ3) is 3.45. The first kappa shape index (κ1) is 16.4. The van der Waals surface area contributed by atoms with E-state index >= 15 is 0 Å². The smallest absolute Gasteiger partial charge is 0.243 e. The highest BCUT2D eigenvalue weighted by Crippen LogP contribution is 2.31. The second kappa shape index (κ2) is 6.87. The van der Waals surface area contributed by atoms with Gasteiger partial charge in [-0.2, -0.15) is 4.31 Å². The van der Waals surface area contributed by atoms with Gasteiger partial charge in [-0.25, -0.2) is 8.42 Å². The van der Waals surface area contributed by atoms with E-state index in [0.717, 1.165) is 18.4 Å². The molecule has 1 aromatic carbocycles. The van der Waals surface area contributed by atoms with E-state index in [1.807, 2.05) is 19.1 Å². The number of ether oxygens (including phenoxy) is 2. The van der Waals surface area contributed by atoms with E-state index in [-0.39, 0.29) is 12.1 Å². The molecule has 1 aliphatic heterocycles. The average Bonchev–Trinajstić information content (AvgIpc) is 2.84. The summed E-state index contributed by atoms with van der Waals surface area (Å²) in [5.41, 5.74) is 1.04. The maximum absolute atomic E-state index is 12.9. The molecule has 1 aromatic rings. The van der Waals surface area contributed by atoms with E-state index in [1.165, 1.54) is 0 Å². The molecule has 1 aliphatic rings. The molecule has 0 bridgehead atoms. The van der Waals surface area contributed by atoms with Crippen LogP contribution in [0.3, 0.4) is 0 Å². The van der Waals surface area contributed by atoms with Crippen LogP contribution >= 0.6 is 0 Å². The van der Waals surface area contributed by atoms with Gasteiger partial charge < -0.3 is 9.47 Å². The quantitative estimate of drug-likeness (QED) is 0.804. The van der Waals surface area contributed by atoms with Gasteiger partial charge in [0.25, 0.3) is 0 Å². The summed E-state index contributed by atoms with van der Waals surface area (Å²) in [6, 6.07) is 6.72. The molecule has 0 unspecified atom stereocenters. The summed E-state index contributed by atoms with van der Waals surface area (Å²) in [6.07, 6.45) is 1.60. The average molecular weight is 313 g/mol. The Morgan fingerprint density at radius 3 is 1.95 bits per heavy atom. The first-order valence-corrected chi connectivity index (χ1v) is 8.52. The molecule has 5 nitrogen and oxygen atoms in total. The summed E-state index contributed by atoms with van der Waals surface area (Å²) in [5.74, 6) is 0. The van der Waals surface area contributed by atoms with Gasteiger partial charge in [0.15, 0.2) is 0 Å². The van der Waals surface area contributed by atoms with Crippen molar-refractivity contribution in [1.82, 2.24) is 4.31 Å². The summed E-state index contributed by atoms with van der Waals surface area (Å²) in [5, 5.41) is 0. The molecule has 0 saturated carbocycles. The number of hydrogen-bond donors (Lipinski definition) is 0. The van der Waals surface area contributed by atoms with Crippen molar-refractivity contribution in [1.29, 1.82) is 0 Å². The SMILES string of the molecule is COC[C@@H]1CC[C@@H](COC)N1S(=O)(=O)c1ccc(C)cc1. The highest BCUT2D eigenvalue weighted by atomic mass is 32.2. The summed E-state index contributed by atoms with van der Waals surface area (Å²) >= 11 is 0. The lowest BCUT2D eigenvalue weighted by Crippen LogP contribution is -2.44. The number of rotatable bonds is 6. The number of benzene rings is 1. The van der Waals surface area contributed by atoms with Crippen molar-refractivity contribution in [3.05, 3.63) is 29.8 Å². The van der Waals surface area contributed by atoms with Gasteiger partial charge in [-0.15, -0.1) is 0 Å². The van der Waals surface area contributed by atoms with E-state index in [9.17, 15) is 8.42 Å². The van der Waals surface area contributed by atoms with Gasteiger partial charge in [0.05, 0.1) is 18.1 Å². The maximum Gasteiger partial charge on any atom is 0.243 e. The molecule has 2 atom stereocenters. The Balaban J connectivity index is 2.34. The molecule has 0 amide bonds. The van der Waals surface area contributed by atoms with Crippen molar-refractivity contribution in [2.75, 3.05) is 27.4 Å². The lowest BCUT2D eigenvalue weighted by atomic mass is 10.2. The number of sulfonamides is 1. The fourth-order valence-electron chi connectivity index (χ4n) is 2.86. The van der Waals surface area contributed by atoms with Crippen LogP contribution in [-0.4, -0.2) is 52.2 Å². The van der Waals surface area contributed by atoms with Gasteiger partial charge in [0, 0.05) is 26.3 Å². The molecule has 21 heavy (non-hydrogen) atoms. The summed E-state index contributed by atoms with van der Waals surface area (Å²) in [6.45, 7) is 2.75. The molecule has 1 fully saturated rings. The van der Waals surface area contributed by atoms with Crippen LogP contribution in [0.5, 0.6) is 0 Å². The van der Waals surface area contributed by atoms with Gasteiger partial charge in [-0.3, -0.25) is 0 Å². The van der Waals surface area contributed by atoms with E-state index in [1.54, 1.807) is 30.7 Å². The van der Waals surface area contributed by atoms with Crippen molar-refractivity contribution in [3.8, 4) is 0 Å². The van der Waals surface area contributed by atoms with Gasteiger partial charge in [0.1, 0.15) is 0 Å². The van der Waals surface area contributed by atoms with Crippen molar-refractivity contribution >= 4 is 10.0 Å². The topological polar surface area (TPSA) is 55.8 Å². The fourth-order valence-corrected chi connectivity index (χ4v) is 4.70. The first-order valence-electron chi connectivity index (χ1n) is 7.08. The van der Waals surface area contributed by atoms with Crippen LogP contribution in [0, 0.1) is 6.92 Å². The van der Waals surface area contributed by atoms with Crippen LogP contribution in [0.4, 0.5) is 0 Å². The van der Waals surface area contributed by atoms with Gasteiger partial charge >= 0.3 is 0 Å². The maximum atomic E-state index is 12.9. The summed E-state index contributed by atoms with van der Waals surface area (Å²) in [4.78, 5) is 0.331. The van der Waals surface area contributed by atoms with Crippen LogP contribution in [0.25, 0.3) is 0 Å². The summed E-state index contributed by atoms with van der Waals surface area (Å²) in [7, 11) is -0.330. The van der Waals surface area contributed by atoms with E-state index in [4.69, 9.17) is 9.47 Å². The highest BCUT2D eigenvalue weighted by Gasteiger charge is 2.42. The van der Waals surface area contributed by atoms with Crippen LogP contribution in [0.15, 0.2) is 29.2 Å². The minimum Gasteiger partial charge on any atom is -0.383 e. The Hall–Kier alpha value is -0.950. The molecule has 0 spiro atoms. The number of nitrogens with zero attached hydrogens (tertiary/aromatic N) is 1. The second-order valence-corrected chi connectivity index (χ2v) is 7.29. The van der Waals surface area contributed by atoms with Crippen molar-refractivity contribution in [2.45, 2.75) is 36.7 Å². The van der Waals surface area contributed by atoms with Gasteiger partial charge in [0.2, 0.25) is 10.0 Å². The van der Waals surface area contributed by atoms with Crippen LogP contribution in [0.1, 0.15) is 18.4 Å². The Kier molecular flexibility index (Phi) is 5.37. The number of methoxy groups -OCH3 is 2. The van der Waals surface area contributed by atoms with Gasteiger partial charge in [-0.1, -0.05) is 17.7 Å². The van der Waals surface area contributed by atoms with E-state index in [2.05, 4.69) is 0 Å². The minimum atomic E-state index is -3.52. The first-order chi connectivity index (χ1) is 10.0. The monoisotopic (exact) mass is 313 g/mol. The lowest BCUT2D eigenvalue weighted by Gasteiger charge is -2.28. The molecule has 1 saturated heterocycles. The molecular weight excluding hydrogens is 290 g/mol. The predicted molar refractivity (Wildman–Crippen MR) is 80.8 cm³/mol. The van der Waals surface area contributed by atoms with Crippen LogP contribution < -0.4 is 0 Å². The number of aryl methyl sites for hydroxylation is 1. The largest absolute Gasteiger partial charge is 0.383 e.